The van der Waals surface area contributed by atoms with Crippen molar-refractivity contribution in [1.29, 1.82) is 0 Å². The van der Waals surface area contributed by atoms with Gasteiger partial charge in [-0.15, -0.1) is 0 Å². The molecule has 1 N–H and O–H groups in total. The van der Waals surface area contributed by atoms with Crippen LogP contribution in [0.5, 0.6) is 0 Å². The van der Waals surface area contributed by atoms with Crippen LogP contribution in [0.4, 0.5) is 11.8 Å². The van der Waals surface area contributed by atoms with Gasteiger partial charge in [0.2, 0.25) is 5.95 Å². The number of anilines is 2. The molecule has 3 heterocycles. The zero-order valence-corrected chi connectivity index (χ0v) is 15.4. The average Bonchev–Trinajstić information content (AvgIpc) is 2.62. The SMILES string of the molecule is CCNc1ccnc(N2CCC([C@H](C)N3CCN(C)CC3)CC2)n1. The van der Waals surface area contributed by atoms with Crippen molar-refractivity contribution in [2.45, 2.75) is 32.7 Å². The Labute approximate surface area is 146 Å². The summed E-state index contributed by atoms with van der Waals surface area (Å²) in [6.45, 7) is 12.4. The quantitative estimate of drug-likeness (QED) is 0.887. The Morgan fingerprint density at radius 3 is 2.54 bits per heavy atom. The van der Waals surface area contributed by atoms with Gasteiger partial charge in [0.05, 0.1) is 0 Å². The third-order valence-electron chi connectivity index (χ3n) is 5.62. The van der Waals surface area contributed by atoms with E-state index in [0.29, 0.717) is 6.04 Å². The van der Waals surface area contributed by atoms with Crippen molar-refractivity contribution >= 4 is 11.8 Å². The maximum atomic E-state index is 4.64. The minimum atomic E-state index is 0.690. The Morgan fingerprint density at radius 1 is 1.17 bits per heavy atom. The first kappa shape index (κ1) is 17.4. The molecular weight excluding hydrogens is 300 g/mol. The van der Waals surface area contributed by atoms with Gasteiger partial charge in [-0.05, 0) is 45.7 Å². The first-order chi connectivity index (χ1) is 11.7. The Kier molecular flexibility index (Phi) is 5.89. The lowest BCUT2D eigenvalue weighted by Crippen LogP contribution is -2.51. The molecule has 1 atom stereocenters. The fourth-order valence-electron chi connectivity index (χ4n) is 3.89. The van der Waals surface area contributed by atoms with E-state index >= 15 is 0 Å². The molecule has 6 nitrogen and oxygen atoms in total. The van der Waals surface area contributed by atoms with E-state index in [2.05, 4.69) is 50.9 Å². The van der Waals surface area contributed by atoms with Gasteiger partial charge < -0.3 is 15.1 Å². The van der Waals surface area contributed by atoms with E-state index in [1.165, 1.54) is 39.0 Å². The largest absolute Gasteiger partial charge is 0.370 e. The van der Waals surface area contributed by atoms with Crippen molar-refractivity contribution in [2.75, 3.05) is 63.1 Å². The summed E-state index contributed by atoms with van der Waals surface area (Å²) >= 11 is 0. The third-order valence-corrected chi connectivity index (χ3v) is 5.62. The standard InChI is InChI=1S/C18H32N6/c1-4-19-17-5-8-20-18(21-17)24-9-6-16(7-10-24)15(2)23-13-11-22(3)12-14-23/h5,8,15-16H,4,6-7,9-14H2,1-3H3,(H,19,20,21)/t15-/m0/s1. The summed E-state index contributed by atoms with van der Waals surface area (Å²) in [6.07, 6.45) is 4.34. The van der Waals surface area contributed by atoms with Crippen LogP contribution in [0.3, 0.4) is 0 Å². The van der Waals surface area contributed by atoms with E-state index in [0.717, 1.165) is 37.3 Å². The van der Waals surface area contributed by atoms with Crippen LogP contribution in [0.15, 0.2) is 12.3 Å². The summed E-state index contributed by atoms with van der Waals surface area (Å²) < 4.78 is 0. The van der Waals surface area contributed by atoms with E-state index in [4.69, 9.17) is 0 Å². The summed E-state index contributed by atoms with van der Waals surface area (Å²) in [6, 6.07) is 2.63. The molecule has 0 radical (unpaired) electrons. The maximum absolute atomic E-state index is 4.64. The predicted molar refractivity (Wildman–Crippen MR) is 99.7 cm³/mol. The zero-order chi connectivity index (χ0) is 16.9. The van der Waals surface area contributed by atoms with Crippen LogP contribution in [0, 0.1) is 5.92 Å². The Bertz CT molecular complexity index is 506. The fourth-order valence-corrected chi connectivity index (χ4v) is 3.89. The van der Waals surface area contributed by atoms with Gasteiger partial charge in [0, 0.05) is 58.1 Å². The molecule has 134 valence electrons. The predicted octanol–water partition coefficient (Wildman–Crippen LogP) is 1.76. The van der Waals surface area contributed by atoms with Crippen molar-refractivity contribution in [3.05, 3.63) is 12.3 Å². The number of piperazine rings is 1. The van der Waals surface area contributed by atoms with Crippen molar-refractivity contribution in [1.82, 2.24) is 19.8 Å². The Balaban J connectivity index is 1.52. The van der Waals surface area contributed by atoms with Gasteiger partial charge in [-0.25, -0.2) is 4.98 Å². The van der Waals surface area contributed by atoms with Crippen molar-refractivity contribution in [3.8, 4) is 0 Å². The molecule has 24 heavy (non-hydrogen) atoms. The highest BCUT2D eigenvalue weighted by molar-refractivity contribution is 5.41. The van der Waals surface area contributed by atoms with Crippen LogP contribution >= 0.6 is 0 Å². The third kappa shape index (κ3) is 4.16. The van der Waals surface area contributed by atoms with E-state index in [9.17, 15) is 0 Å². The molecule has 6 heteroatoms. The first-order valence-electron chi connectivity index (χ1n) is 9.42. The highest BCUT2D eigenvalue weighted by Crippen LogP contribution is 2.26. The molecule has 3 rings (SSSR count). The highest BCUT2D eigenvalue weighted by atomic mass is 15.3. The number of likely N-dealkylation sites (N-methyl/N-ethyl adjacent to an activating group) is 1. The van der Waals surface area contributed by atoms with Crippen LogP contribution in [0.1, 0.15) is 26.7 Å². The summed E-state index contributed by atoms with van der Waals surface area (Å²) in [5.41, 5.74) is 0. The topological polar surface area (TPSA) is 47.5 Å². The van der Waals surface area contributed by atoms with Gasteiger partial charge in [0.1, 0.15) is 5.82 Å². The molecule has 0 amide bonds. The van der Waals surface area contributed by atoms with Crippen LogP contribution in [-0.2, 0) is 0 Å². The second-order valence-electron chi connectivity index (χ2n) is 7.18. The molecule has 0 bridgehead atoms. The first-order valence-corrected chi connectivity index (χ1v) is 9.42. The minimum Gasteiger partial charge on any atom is -0.370 e. The second kappa shape index (κ2) is 8.12. The fraction of sp³-hybridized carbons (Fsp3) is 0.778. The molecule has 0 aliphatic carbocycles. The van der Waals surface area contributed by atoms with Gasteiger partial charge in [-0.2, -0.15) is 4.98 Å². The number of rotatable bonds is 5. The number of nitrogens with zero attached hydrogens (tertiary/aromatic N) is 5. The van der Waals surface area contributed by atoms with Crippen LogP contribution in [0.25, 0.3) is 0 Å². The van der Waals surface area contributed by atoms with Crippen molar-refractivity contribution in [3.63, 3.8) is 0 Å². The van der Waals surface area contributed by atoms with E-state index in [1.54, 1.807) is 0 Å². The van der Waals surface area contributed by atoms with E-state index in [-0.39, 0.29) is 0 Å². The monoisotopic (exact) mass is 332 g/mol. The summed E-state index contributed by atoms with van der Waals surface area (Å²) in [5, 5.41) is 3.27. The van der Waals surface area contributed by atoms with Gasteiger partial charge in [-0.3, -0.25) is 4.90 Å². The van der Waals surface area contributed by atoms with Crippen LogP contribution in [0.2, 0.25) is 0 Å². The smallest absolute Gasteiger partial charge is 0.227 e. The molecule has 0 unspecified atom stereocenters. The van der Waals surface area contributed by atoms with Crippen LogP contribution < -0.4 is 10.2 Å². The highest BCUT2D eigenvalue weighted by Gasteiger charge is 2.29. The lowest BCUT2D eigenvalue weighted by Gasteiger charge is -2.42. The number of hydrogen-bond acceptors (Lipinski definition) is 6. The molecular formula is C18H32N6. The number of aromatic nitrogens is 2. The average molecular weight is 332 g/mol. The van der Waals surface area contributed by atoms with Crippen molar-refractivity contribution in [2.24, 2.45) is 5.92 Å². The molecule has 0 spiro atoms. The number of hydrogen-bond donors (Lipinski definition) is 1. The lowest BCUT2D eigenvalue weighted by molar-refractivity contribution is 0.0813. The zero-order valence-electron chi connectivity index (χ0n) is 15.4. The number of piperidine rings is 1. The molecule has 1 aromatic rings. The molecule has 2 aliphatic rings. The molecule has 2 fully saturated rings. The number of nitrogens with one attached hydrogen (secondary N) is 1. The van der Waals surface area contributed by atoms with Crippen LogP contribution in [-0.4, -0.2) is 78.7 Å². The van der Waals surface area contributed by atoms with Gasteiger partial charge >= 0.3 is 0 Å². The summed E-state index contributed by atoms with van der Waals surface area (Å²) in [7, 11) is 2.22. The van der Waals surface area contributed by atoms with Gasteiger partial charge in [0.15, 0.2) is 0 Å². The second-order valence-corrected chi connectivity index (χ2v) is 7.18. The Morgan fingerprint density at radius 2 is 1.88 bits per heavy atom. The van der Waals surface area contributed by atoms with Gasteiger partial charge in [-0.1, -0.05) is 0 Å². The van der Waals surface area contributed by atoms with Crippen molar-refractivity contribution < 1.29 is 0 Å². The minimum absolute atomic E-state index is 0.690. The summed E-state index contributed by atoms with van der Waals surface area (Å²) in [5.74, 6) is 2.59. The molecule has 2 saturated heterocycles. The molecule has 2 aliphatic heterocycles. The van der Waals surface area contributed by atoms with E-state index in [1.807, 2.05) is 12.3 Å². The summed E-state index contributed by atoms with van der Waals surface area (Å²) in [4.78, 5) is 16.6. The van der Waals surface area contributed by atoms with Gasteiger partial charge in [0.25, 0.3) is 0 Å². The molecule has 0 aromatic carbocycles. The molecule has 1 aromatic heterocycles. The maximum Gasteiger partial charge on any atom is 0.227 e. The Hall–Kier alpha value is -1.40. The lowest BCUT2D eigenvalue weighted by atomic mass is 9.89. The normalized spacial score (nSPS) is 22.5. The molecule has 0 saturated carbocycles. The van der Waals surface area contributed by atoms with E-state index < -0.39 is 0 Å².